The molecule has 1 aliphatic carbocycles. The fraction of sp³-hybridized carbons (Fsp3) is 0.296. The van der Waals surface area contributed by atoms with Gasteiger partial charge in [-0.3, -0.25) is 5.43 Å². The summed E-state index contributed by atoms with van der Waals surface area (Å²) in [6, 6.07) is 18.3. The molecule has 0 saturated heterocycles. The molecule has 0 unspecified atom stereocenters. The Hall–Kier alpha value is -3.13. The second-order valence-electron chi connectivity index (χ2n) is 10.6. The molecule has 0 spiro atoms. The second-order valence-corrected chi connectivity index (χ2v) is 14.0. The van der Waals surface area contributed by atoms with Gasteiger partial charge in [0.1, 0.15) is 0 Å². The Balaban J connectivity index is 1.84. The van der Waals surface area contributed by atoms with Crippen LogP contribution >= 0.6 is 0 Å². The average molecular weight is 573 g/mol. The van der Waals surface area contributed by atoms with E-state index in [4.69, 9.17) is 0 Å². The highest BCUT2D eigenvalue weighted by Gasteiger charge is 2.32. The number of fused-ring (bicyclic) bond motifs is 3. The minimum Gasteiger partial charge on any atom is -0.394 e. The molecule has 10 nitrogen and oxygen atoms in total. The number of nitrogens with one attached hydrogen (secondary N) is 3. The fourth-order valence-corrected chi connectivity index (χ4v) is 6.91. The Morgan fingerprint density at radius 2 is 1.10 bits per heavy atom. The van der Waals surface area contributed by atoms with Gasteiger partial charge in [0.15, 0.2) is 0 Å². The SMILES string of the molecule is CC(C)(CO)NS(=O)(=O)c1ccc2c(c1)C(=NNc1ccccc1)c1cc(S(=O)(=O)NC(C)(C)CO)ccc1-2. The highest BCUT2D eigenvalue weighted by Crippen LogP contribution is 2.39. The van der Waals surface area contributed by atoms with Crippen molar-refractivity contribution in [2.75, 3.05) is 18.6 Å². The fourth-order valence-electron chi connectivity index (χ4n) is 4.05. The van der Waals surface area contributed by atoms with E-state index in [1.54, 1.807) is 39.8 Å². The summed E-state index contributed by atoms with van der Waals surface area (Å²) < 4.78 is 57.5. The quantitative estimate of drug-likeness (QED) is 0.183. The minimum absolute atomic E-state index is 0.0257. The molecule has 0 bridgehead atoms. The van der Waals surface area contributed by atoms with Gasteiger partial charge in [0.25, 0.3) is 0 Å². The molecule has 0 atom stereocenters. The summed E-state index contributed by atoms with van der Waals surface area (Å²) in [5, 5.41) is 23.7. The summed E-state index contributed by atoms with van der Waals surface area (Å²) in [7, 11) is -8.00. The van der Waals surface area contributed by atoms with Crippen molar-refractivity contribution in [3.63, 3.8) is 0 Å². The summed E-state index contributed by atoms with van der Waals surface area (Å²) >= 11 is 0. The van der Waals surface area contributed by atoms with Crippen molar-refractivity contribution in [2.24, 2.45) is 5.10 Å². The normalized spacial score (nSPS) is 13.6. The van der Waals surface area contributed by atoms with Crippen LogP contribution in [0, 0.1) is 0 Å². The minimum atomic E-state index is -4.00. The molecular formula is C27H32N4O6S2. The van der Waals surface area contributed by atoms with Crippen molar-refractivity contribution in [3.8, 4) is 11.1 Å². The van der Waals surface area contributed by atoms with Crippen molar-refractivity contribution in [2.45, 2.75) is 48.6 Å². The number of hydrogen-bond donors (Lipinski definition) is 5. The van der Waals surface area contributed by atoms with Crippen LogP contribution in [0.2, 0.25) is 0 Å². The molecule has 0 aromatic heterocycles. The van der Waals surface area contributed by atoms with E-state index in [0.29, 0.717) is 33.7 Å². The average Bonchev–Trinajstić information content (AvgIpc) is 3.19. The van der Waals surface area contributed by atoms with Gasteiger partial charge in [-0.05, 0) is 75.2 Å². The van der Waals surface area contributed by atoms with Crippen LogP contribution in [0.4, 0.5) is 5.69 Å². The molecule has 5 N–H and O–H groups in total. The maximum Gasteiger partial charge on any atom is 0.241 e. The van der Waals surface area contributed by atoms with Gasteiger partial charge < -0.3 is 10.2 Å². The molecule has 1 aliphatic rings. The summed E-state index contributed by atoms with van der Waals surface area (Å²) in [5.41, 5.74) is 4.23. The molecular weight excluding hydrogens is 540 g/mol. The van der Waals surface area contributed by atoms with Gasteiger partial charge >= 0.3 is 0 Å². The van der Waals surface area contributed by atoms with Crippen LogP contribution in [-0.4, -0.2) is 57.1 Å². The standard InChI is InChI=1S/C27H32N4O6S2/c1-26(2,16-32)30-38(34,35)19-10-12-21-22-13-11-20(39(36,37)31-27(3,4)17-33)15-24(22)25(23(21)14-19)29-28-18-8-6-5-7-9-18/h5-15,28,30-33H,16-17H2,1-4H3. The third-order valence-electron chi connectivity index (χ3n) is 6.09. The van der Waals surface area contributed by atoms with Crippen molar-refractivity contribution in [1.29, 1.82) is 0 Å². The first-order valence-electron chi connectivity index (χ1n) is 12.2. The number of sulfonamides is 2. The number of anilines is 1. The molecule has 3 aromatic carbocycles. The van der Waals surface area contributed by atoms with Crippen molar-refractivity contribution in [3.05, 3.63) is 77.9 Å². The molecule has 12 heteroatoms. The van der Waals surface area contributed by atoms with E-state index in [0.717, 1.165) is 0 Å². The van der Waals surface area contributed by atoms with E-state index < -0.39 is 44.3 Å². The first kappa shape index (κ1) is 28.9. The van der Waals surface area contributed by atoms with Gasteiger partial charge in [0.05, 0.1) is 45.5 Å². The first-order valence-corrected chi connectivity index (χ1v) is 15.1. The highest BCUT2D eigenvalue weighted by molar-refractivity contribution is 7.89. The van der Waals surface area contributed by atoms with Crippen molar-refractivity contribution < 1.29 is 27.0 Å². The van der Waals surface area contributed by atoms with E-state index >= 15 is 0 Å². The lowest BCUT2D eigenvalue weighted by molar-refractivity contribution is 0.208. The largest absolute Gasteiger partial charge is 0.394 e. The number of rotatable bonds is 10. The Bertz CT molecular complexity index is 1530. The highest BCUT2D eigenvalue weighted by atomic mass is 32.2. The third-order valence-corrected chi connectivity index (χ3v) is 9.48. The molecule has 4 rings (SSSR count). The summed E-state index contributed by atoms with van der Waals surface area (Å²) in [6.45, 7) is 5.48. The molecule has 0 radical (unpaired) electrons. The summed E-state index contributed by atoms with van der Waals surface area (Å²) in [6.07, 6.45) is 0. The van der Waals surface area contributed by atoms with Gasteiger partial charge in [0.2, 0.25) is 20.0 Å². The maximum absolute atomic E-state index is 13.1. The lowest BCUT2D eigenvalue weighted by Crippen LogP contribution is -2.46. The molecule has 3 aromatic rings. The predicted octanol–water partition coefficient (Wildman–Crippen LogP) is 2.63. The van der Waals surface area contributed by atoms with Crippen LogP contribution < -0.4 is 14.9 Å². The molecule has 0 aliphatic heterocycles. The van der Waals surface area contributed by atoms with E-state index in [1.807, 2.05) is 30.3 Å². The van der Waals surface area contributed by atoms with E-state index in [1.165, 1.54) is 24.3 Å². The molecule has 39 heavy (non-hydrogen) atoms. The Labute approximate surface area is 228 Å². The number of nitrogens with zero attached hydrogens (tertiary/aromatic N) is 1. The molecule has 0 fully saturated rings. The molecule has 0 heterocycles. The lowest BCUT2D eigenvalue weighted by Gasteiger charge is -2.23. The second kappa shape index (κ2) is 10.5. The zero-order valence-corrected chi connectivity index (χ0v) is 23.7. The van der Waals surface area contributed by atoms with Gasteiger partial charge in [-0.15, -0.1) is 0 Å². The first-order chi connectivity index (χ1) is 18.2. The smallest absolute Gasteiger partial charge is 0.241 e. The maximum atomic E-state index is 13.1. The zero-order chi connectivity index (χ0) is 28.6. The zero-order valence-electron chi connectivity index (χ0n) is 22.1. The Morgan fingerprint density at radius 1 is 0.667 bits per heavy atom. The van der Waals surface area contributed by atoms with E-state index in [9.17, 15) is 27.0 Å². The van der Waals surface area contributed by atoms with Crippen LogP contribution in [-0.2, 0) is 20.0 Å². The summed E-state index contributed by atoms with van der Waals surface area (Å²) in [5.74, 6) is 0. The van der Waals surface area contributed by atoms with Crippen LogP contribution in [0.25, 0.3) is 11.1 Å². The van der Waals surface area contributed by atoms with Crippen molar-refractivity contribution >= 4 is 31.4 Å². The van der Waals surface area contributed by atoms with Crippen LogP contribution in [0.1, 0.15) is 38.8 Å². The van der Waals surface area contributed by atoms with Crippen LogP contribution in [0.15, 0.2) is 81.6 Å². The molecule has 0 saturated carbocycles. The van der Waals surface area contributed by atoms with Gasteiger partial charge in [-0.25, -0.2) is 26.3 Å². The Morgan fingerprint density at radius 3 is 1.51 bits per heavy atom. The molecule has 208 valence electrons. The topological polar surface area (TPSA) is 157 Å². The third kappa shape index (κ3) is 6.21. The number of hydrogen-bond acceptors (Lipinski definition) is 8. The Kier molecular flexibility index (Phi) is 7.74. The van der Waals surface area contributed by atoms with E-state index in [2.05, 4.69) is 20.0 Å². The predicted molar refractivity (Wildman–Crippen MR) is 151 cm³/mol. The monoisotopic (exact) mass is 572 g/mol. The molecule has 0 amide bonds. The number of hydrazone groups is 1. The van der Waals surface area contributed by atoms with Gasteiger partial charge in [0, 0.05) is 11.1 Å². The number of aliphatic hydroxyl groups excluding tert-OH is 2. The van der Waals surface area contributed by atoms with Gasteiger partial charge in [-0.1, -0.05) is 30.3 Å². The number of aliphatic hydroxyl groups is 2. The van der Waals surface area contributed by atoms with Gasteiger partial charge in [-0.2, -0.15) is 5.10 Å². The number of para-hydroxylation sites is 1. The number of benzene rings is 3. The van der Waals surface area contributed by atoms with Crippen LogP contribution in [0.5, 0.6) is 0 Å². The summed E-state index contributed by atoms with van der Waals surface area (Å²) in [4.78, 5) is -0.0515. The van der Waals surface area contributed by atoms with Crippen LogP contribution in [0.3, 0.4) is 0 Å². The van der Waals surface area contributed by atoms with Crippen molar-refractivity contribution in [1.82, 2.24) is 9.44 Å². The van der Waals surface area contributed by atoms with E-state index in [-0.39, 0.29) is 9.79 Å². The lowest BCUT2D eigenvalue weighted by atomic mass is 10.1.